The Labute approximate surface area is 157 Å². The fourth-order valence-corrected chi connectivity index (χ4v) is 2.85. The molecule has 0 aliphatic carbocycles. The van der Waals surface area contributed by atoms with Crippen molar-refractivity contribution in [2.45, 2.75) is 33.1 Å². The number of anilines is 1. The minimum absolute atomic E-state index is 0.0472. The number of nitrogens with zero attached hydrogens (tertiary/aromatic N) is 2. The summed E-state index contributed by atoms with van der Waals surface area (Å²) in [5.74, 6) is 0.278. The molecule has 3 rings (SSSR count). The standard InChI is InChI=1S/C21H21N3O3/c1-13-9-10-17(14(2)25)11-19(13)22-20(26)12-18(16-7-5-4-6-8-16)21-24-23-15(3)27-21/h4-11,18H,12H2,1-3H3,(H,22,26). The molecule has 1 unspecified atom stereocenters. The van der Waals surface area contributed by atoms with Crippen molar-refractivity contribution < 1.29 is 14.0 Å². The van der Waals surface area contributed by atoms with Gasteiger partial charge in [0.25, 0.3) is 0 Å². The van der Waals surface area contributed by atoms with E-state index < -0.39 is 0 Å². The second kappa shape index (κ2) is 7.95. The maximum Gasteiger partial charge on any atom is 0.225 e. The summed E-state index contributed by atoms with van der Waals surface area (Å²) in [4.78, 5) is 24.3. The molecule has 1 N–H and O–H groups in total. The van der Waals surface area contributed by atoms with E-state index in [9.17, 15) is 9.59 Å². The van der Waals surface area contributed by atoms with Gasteiger partial charge in [-0.3, -0.25) is 9.59 Å². The van der Waals surface area contributed by atoms with Crippen LogP contribution in [0.5, 0.6) is 0 Å². The topological polar surface area (TPSA) is 85.1 Å². The fourth-order valence-electron chi connectivity index (χ4n) is 2.85. The van der Waals surface area contributed by atoms with Crippen LogP contribution in [-0.4, -0.2) is 21.9 Å². The first-order valence-corrected chi connectivity index (χ1v) is 8.70. The number of amides is 1. The number of aromatic nitrogens is 2. The average molecular weight is 363 g/mol. The van der Waals surface area contributed by atoms with Gasteiger partial charge in [0.05, 0.1) is 5.92 Å². The highest BCUT2D eigenvalue weighted by Crippen LogP contribution is 2.28. The van der Waals surface area contributed by atoms with Crippen LogP contribution < -0.4 is 5.32 Å². The molecule has 27 heavy (non-hydrogen) atoms. The molecule has 0 aliphatic heterocycles. The zero-order valence-corrected chi connectivity index (χ0v) is 15.5. The van der Waals surface area contributed by atoms with Gasteiger partial charge in [0.1, 0.15) is 0 Å². The van der Waals surface area contributed by atoms with Crippen molar-refractivity contribution in [3.8, 4) is 0 Å². The molecule has 2 aromatic carbocycles. The lowest BCUT2D eigenvalue weighted by molar-refractivity contribution is -0.116. The van der Waals surface area contributed by atoms with E-state index in [1.54, 1.807) is 19.1 Å². The number of benzene rings is 2. The molecule has 138 valence electrons. The van der Waals surface area contributed by atoms with Gasteiger partial charge < -0.3 is 9.73 Å². The molecular weight excluding hydrogens is 342 g/mol. The smallest absolute Gasteiger partial charge is 0.225 e. The van der Waals surface area contributed by atoms with Gasteiger partial charge in [0.15, 0.2) is 5.78 Å². The minimum atomic E-state index is -0.344. The third-order valence-corrected chi connectivity index (χ3v) is 4.35. The molecule has 0 fully saturated rings. The monoisotopic (exact) mass is 363 g/mol. The molecule has 1 atom stereocenters. The molecule has 1 heterocycles. The molecule has 0 aliphatic rings. The summed E-state index contributed by atoms with van der Waals surface area (Å²) in [5.41, 5.74) is 2.99. The van der Waals surface area contributed by atoms with E-state index in [1.165, 1.54) is 6.92 Å². The molecule has 0 bridgehead atoms. The number of nitrogens with one attached hydrogen (secondary N) is 1. The molecule has 0 radical (unpaired) electrons. The Morgan fingerprint density at radius 2 is 1.81 bits per heavy atom. The normalized spacial score (nSPS) is 11.8. The van der Waals surface area contributed by atoms with Gasteiger partial charge in [-0.25, -0.2) is 0 Å². The maximum absolute atomic E-state index is 12.7. The van der Waals surface area contributed by atoms with E-state index in [4.69, 9.17) is 4.42 Å². The molecule has 1 aromatic heterocycles. The van der Waals surface area contributed by atoms with Gasteiger partial charge in [-0.1, -0.05) is 42.5 Å². The Morgan fingerprint density at radius 3 is 2.44 bits per heavy atom. The van der Waals surface area contributed by atoms with Gasteiger partial charge in [0.2, 0.25) is 17.7 Å². The number of hydrogen-bond acceptors (Lipinski definition) is 5. The Bertz CT molecular complexity index is 964. The van der Waals surface area contributed by atoms with E-state index in [-0.39, 0.29) is 24.0 Å². The highest BCUT2D eigenvalue weighted by molar-refractivity contribution is 5.97. The third kappa shape index (κ3) is 4.47. The van der Waals surface area contributed by atoms with Crippen LogP contribution in [0.2, 0.25) is 0 Å². The number of carbonyl (C=O) groups is 2. The Kier molecular flexibility index (Phi) is 5.45. The van der Waals surface area contributed by atoms with Gasteiger partial charge in [0, 0.05) is 24.6 Å². The fraction of sp³-hybridized carbons (Fsp3) is 0.238. The summed E-state index contributed by atoms with van der Waals surface area (Å²) in [6.07, 6.45) is 0.148. The minimum Gasteiger partial charge on any atom is -0.425 e. The van der Waals surface area contributed by atoms with E-state index >= 15 is 0 Å². The first-order valence-electron chi connectivity index (χ1n) is 8.70. The number of Topliss-reactive ketones (excluding diaryl/α,β-unsaturated/α-hetero) is 1. The van der Waals surface area contributed by atoms with Crippen molar-refractivity contribution in [3.63, 3.8) is 0 Å². The van der Waals surface area contributed by atoms with Crippen molar-refractivity contribution in [1.82, 2.24) is 10.2 Å². The largest absolute Gasteiger partial charge is 0.425 e. The Morgan fingerprint density at radius 1 is 1.07 bits per heavy atom. The lowest BCUT2D eigenvalue weighted by Crippen LogP contribution is -2.17. The lowest BCUT2D eigenvalue weighted by Gasteiger charge is -2.15. The summed E-state index contributed by atoms with van der Waals surface area (Å²) in [5, 5.41) is 10.9. The number of carbonyl (C=O) groups excluding carboxylic acids is 2. The van der Waals surface area contributed by atoms with Crippen molar-refractivity contribution in [2.75, 3.05) is 5.32 Å². The lowest BCUT2D eigenvalue weighted by atomic mass is 9.95. The molecule has 0 spiro atoms. The van der Waals surface area contributed by atoms with Crippen molar-refractivity contribution in [3.05, 3.63) is 77.0 Å². The molecular formula is C21H21N3O3. The van der Waals surface area contributed by atoms with Gasteiger partial charge >= 0.3 is 0 Å². The van der Waals surface area contributed by atoms with Crippen LogP contribution in [0, 0.1) is 13.8 Å². The van der Waals surface area contributed by atoms with E-state index in [0.717, 1.165) is 11.1 Å². The second-order valence-electron chi connectivity index (χ2n) is 6.46. The predicted molar refractivity (Wildman–Crippen MR) is 102 cm³/mol. The first kappa shape index (κ1) is 18.5. The third-order valence-electron chi connectivity index (χ3n) is 4.35. The maximum atomic E-state index is 12.7. The predicted octanol–water partition coefficient (Wildman–Crippen LogP) is 4.05. The van der Waals surface area contributed by atoms with Crippen molar-refractivity contribution >= 4 is 17.4 Å². The van der Waals surface area contributed by atoms with Gasteiger partial charge in [-0.15, -0.1) is 10.2 Å². The highest BCUT2D eigenvalue weighted by atomic mass is 16.4. The Balaban J connectivity index is 1.83. The molecule has 6 nitrogen and oxygen atoms in total. The van der Waals surface area contributed by atoms with Crippen LogP contribution in [0.15, 0.2) is 52.9 Å². The first-order chi connectivity index (χ1) is 12.9. The van der Waals surface area contributed by atoms with Gasteiger partial charge in [-0.05, 0) is 31.0 Å². The SMILES string of the molecule is CC(=O)c1ccc(C)c(NC(=O)CC(c2ccccc2)c2nnc(C)o2)c1. The van der Waals surface area contributed by atoms with Crippen LogP contribution >= 0.6 is 0 Å². The second-order valence-corrected chi connectivity index (χ2v) is 6.46. The van der Waals surface area contributed by atoms with Crippen molar-refractivity contribution in [2.24, 2.45) is 0 Å². The molecule has 0 saturated carbocycles. The summed E-state index contributed by atoms with van der Waals surface area (Å²) in [6.45, 7) is 5.10. The quantitative estimate of drug-likeness (QED) is 0.668. The molecule has 1 amide bonds. The number of aryl methyl sites for hydroxylation is 2. The van der Waals surface area contributed by atoms with Crippen LogP contribution in [0.1, 0.15) is 52.5 Å². The zero-order valence-electron chi connectivity index (χ0n) is 15.5. The van der Waals surface area contributed by atoms with Crippen LogP contribution in [0.3, 0.4) is 0 Å². The van der Waals surface area contributed by atoms with Crippen LogP contribution in [-0.2, 0) is 4.79 Å². The Hall–Kier alpha value is -3.28. The van der Waals surface area contributed by atoms with Crippen LogP contribution in [0.25, 0.3) is 0 Å². The molecule has 3 aromatic rings. The summed E-state index contributed by atoms with van der Waals surface area (Å²) in [7, 11) is 0. The summed E-state index contributed by atoms with van der Waals surface area (Å²) >= 11 is 0. The van der Waals surface area contributed by atoms with E-state index in [1.807, 2.05) is 43.3 Å². The number of hydrogen-bond donors (Lipinski definition) is 1. The van der Waals surface area contributed by atoms with Crippen LogP contribution in [0.4, 0.5) is 5.69 Å². The average Bonchev–Trinajstić information content (AvgIpc) is 3.08. The number of ketones is 1. The van der Waals surface area contributed by atoms with E-state index in [0.29, 0.717) is 23.0 Å². The molecule has 0 saturated heterocycles. The summed E-state index contributed by atoms with van der Waals surface area (Å²) in [6, 6.07) is 14.9. The van der Waals surface area contributed by atoms with Gasteiger partial charge in [-0.2, -0.15) is 0 Å². The van der Waals surface area contributed by atoms with Crippen molar-refractivity contribution in [1.29, 1.82) is 0 Å². The zero-order chi connectivity index (χ0) is 19.4. The molecule has 6 heteroatoms. The summed E-state index contributed by atoms with van der Waals surface area (Å²) < 4.78 is 5.58. The number of rotatable bonds is 6. The van der Waals surface area contributed by atoms with E-state index in [2.05, 4.69) is 15.5 Å². The highest BCUT2D eigenvalue weighted by Gasteiger charge is 2.24.